The van der Waals surface area contributed by atoms with Crippen LogP contribution in [-0.2, 0) is 0 Å². The smallest absolute Gasteiger partial charge is 0.0723 e. The molecular formula is C20H18N2. The van der Waals surface area contributed by atoms with Crippen molar-refractivity contribution in [2.24, 2.45) is 9.98 Å². The Morgan fingerprint density at radius 1 is 0.545 bits per heavy atom. The van der Waals surface area contributed by atoms with Crippen LogP contribution in [0.5, 0.6) is 0 Å². The standard InChI is InChI=1S/C20H18N2/c1-15-13-19(17-9-5-3-6-10-17)22-16(2)14-20(21-15)18-11-7-4-8-12-18/h3-14H,1-2H3/b15-13-,16-14-,19-13?,20-14?,21-15?,21-20-,22-16?,22-19-. The lowest BCUT2D eigenvalue weighted by atomic mass is 10.1. The minimum Gasteiger partial charge on any atom is -0.253 e. The number of allylic oxidation sites excluding steroid dienone is 4. The largest absolute Gasteiger partial charge is 0.253 e. The average molecular weight is 286 g/mol. The average Bonchev–Trinajstić information content (AvgIpc) is 2.54. The zero-order chi connectivity index (χ0) is 15.4. The molecule has 0 bridgehead atoms. The predicted octanol–water partition coefficient (Wildman–Crippen LogP) is 4.79. The van der Waals surface area contributed by atoms with Crippen LogP contribution in [0.1, 0.15) is 25.0 Å². The molecule has 0 fully saturated rings. The van der Waals surface area contributed by atoms with Gasteiger partial charge in [-0.3, -0.25) is 9.98 Å². The van der Waals surface area contributed by atoms with Crippen LogP contribution in [0.15, 0.2) is 94.2 Å². The molecule has 2 nitrogen and oxygen atoms in total. The van der Waals surface area contributed by atoms with E-state index in [4.69, 9.17) is 9.98 Å². The topological polar surface area (TPSA) is 24.7 Å². The highest BCUT2D eigenvalue weighted by atomic mass is 14.8. The Morgan fingerprint density at radius 2 is 0.909 bits per heavy atom. The lowest BCUT2D eigenvalue weighted by Crippen LogP contribution is -2.04. The molecular weight excluding hydrogens is 268 g/mol. The molecule has 0 unspecified atom stereocenters. The van der Waals surface area contributed by atoms with Gasteiger partial charge in [0, 0.05) is 22.5 Å². The van der Waals surface area contributed by atoms with Crippen molar-refractivity contribution in [1.29, 1.82) is 0 Å². The quantitative estimate of drug-likeness (QED) is 0.758. The first-order valence-electron chi connectivity index (χ1n) is 7.37. The van der Waals surface area contributed by atoms with Crippen LogP contribution in [0.2, 0.25) is 0 Å². The normalized spacial score (nSPS) is 24.5. The van der Waals surface area contributed by atoms with Gasteiger partial charge < -0.3 is 0 Å². The molecule has 2 heteroatoms. The Morgan fingerprint density at radius 3 is 1.27 bits per heavy atom. The van der Waals surface area contributed by atoms with Crippen molar-refractivity contribution in [3.05, 3.63) is 95.3 Å². The van der Waals surface area contributed by atoms with Gasteiger partial charge in [-0.2, -0.15) is 0 Å². The summed E-state index contributed by atoms with van der Waals surface area (Å²) in [5.74, 6) is 0. The minimum atomic E-state index is 0.947. The van der Waals surface area contributed by atoms with Crippen molar-refractivity contribution >= 4 is 11.4 Å². The Labute approximate surface area is 131 Å². The second-order valence-electron chi connectivity index (χ2n) is 5.30. The summed E-state index contributed by atoms with van der Waals surface area (Å²) in [4.78, 5) is 9.51. The molecule has 0 aromatic heterocycles. The summed E-state index contributed by atoms with van der Waals surface area (Å²) < 4.78 is 0. The molecule has 1 aliphatic heterocycles. The van der Waals surface area contributed by atoms with Gasteiger partial charge in [0.05, 0.1) is 11.4 Å². The maximum Gasteiger partial charge on any atom is 0.0723 e. The summed E-state index contributed by atoms with van der Waals surface area (Å²) in [7, 11) is 0. The summed E-state index contributed by atoms with van der Waals surface area (Å²) in [5, 5.41) is 0. The van der Waals surface area contributed by atoms with Crippen molar-refractivity contribution in [2.75, 3.05) is 0 Å². The molecule has 0 radical (unpaired) electrons. The Balaban J connectivity index is 2.04. The second kappa shape index (κ2) is 6.35. The third-order valence-corrected chi connectivity index (χ3v) is 3.42. The number of hydrogen-bond donors (Lipinski definition) is 0. The molecule has 2 aromatic rings. The third-order valence-electron chi connectivity index (χ3n) is 3.42. The number of nitrogens with zero attached hydrogens (tertiary/aromatic N) is 2. The maximum atomic E-state index is 4.75. The molecule has 2 aromatic carbocycles. The zero-order valence-corrected chi connectivity index (χ0v) is 12.8. The zero-order valence-electron chi connectivity index (χ0n) is 12.8. The molecule has 0 spiro atoms. The fourth-order valence-corrected chi connectivity index (χ4v) is 2.42. The lowest BCUT2D eigenvalue weighted by molar-refractivity contribution is 1.26. The van der Waals surface area contributed by atoms with Gasteiger partial charge in [-0.25, -0.2) is 0 Å². The molecule has 1 aliphatic rings. The van der Waals surface area contributed by atoms with Crippen LogP contribution in [-0.4, -0.2) is 11.4 Å². The Hall–Kier alpha value is -2.74. The molecule has 1 heterocycles. The molecule has 0 N–H and O–H groups in total. The van der Waals surface area contributed by atoms with Crippen molar-refractivity contribution < 1.29 is 0 Å². The van der Waals surface area contributed by atoms with Crippen LogP contribution in [0.4, 0.5) is 0 Å². The van der Waals surface area contributed by atoms with Gasteiger partial charge in [0.1, 0.15) is 0 Å². The van der Waals surface area contributed by atoms with Crippen LogP contribution >= 0.6 is 0 Å². The van der Waals surface area contributed by atoms with Gasteiger partial charge in [-0.05, 0) is 26.0 Å². The van der Waals surface area contributed by atoms with Gasteiger partial charge in [0.2, 0.25) is 0 Å². The van der Waals surface area contributed by atoms with E-state index in [1.165, 1.54) is 0 Å². The highest BCUT2D eigenvalue weighted by molar-refractivity contribution is 6.13. The number of rotatable bonds is 2. The fourth-order valence-electron chi connectivity index (χ4n) is 2.42. The number of hydrogen-bond acceptors (Lipinski definition) is 2. The van der Waals surface area contributed by atoms with Crippen molar-refractivity contribution in [3.8, 4) is 0 Å². The van der Waals surface area contributed by atoms with E-state index in [1.807, 2.05) is 62.4 Å². The SMILES string of the molecule is CC1=C/C(c2ccccc2)=N/C(C)=C\C(c2ccccc2)=N\1. The Bertz CT molecular complexity index is 709. The molecule has 0 amide bonds. The van der Waals surface area contributed by atoms with Gasteiger partial charge in [0.25, 0.3) is 0 Å². The molecule has 108 valence electrons. The first-order chi connectivity index (χ1) is 10.7. The minimum absolute atomic E-state index is 0.947. The van der Waals surface area contributed by atoms with E-state index in [1.54, 1.807) is 0 Å². The number of aliphatic imine (C=N–C) groups is 2. The van der Waals surface area contributed by atoms with E-state index in [0.29, 0.717) is 0 Å². The summed E-state index contributed by atoms with van der Waals surface area (Å²) in [5.41, 5.74) is 6.00. The molecule has 3 rings (SSSR count). The highest BCUT2D eigenvalue weighted by Gasteiger charge is 2.07. The van der Waals surface area contributed by atoms with E-state index in [-0.39, 0.29) is 0 Å². The second-order valence-corrected chi connectivity index (χ2v) is 5.30. The van der Waals surface area contributed by atoms with E-state index in [9.17, 15) is 0 Å². The first-order valence-corrected chi connectivity index (χ1v) is 7.37. The predicted molar refractivity (Wildman–Crippen MR) is 93.5 cm³/mol. The number of benzene rings is 2. The van der Waals surface area contributed by atoms with Gasteiger partial charge in [-0.1, -0.05) is 60.7 Å². The summed E-state index contributed by atoms with van der Waals surface area (Å²) in [6.07, 6.45) is 4.07. The van der Waals surface area contributed by atoms with E-state index >= 15 is 0 Å². The van der Waals surface area contributed by atoms with Crippen molar-refractivity contribution in [1.82, 2.24) is 0 Å². The monoisotopic (exact) mass is 286 g/mol. The van der Waals surface area contributed by atoms with Gasteiger partial charge >= 0.3 is 0 Å². The molecule has 0 saturated heterocycles. The van der Waals surface area contributed by atoms with Crippen LogP contribution in [0.3, 0.4) is 0 Å². The molecule has 0 saturated carbocycles. The van der Waals surface area contributed by atoms with Gasteiger partial charge in [-0.15, -0.1) is 0 Å². The Kier molecular flexibility index (Phi) is 4.10. The summed E-state index contributed by atoms with van der Waals surface area (Å²) >= 11 is 0. The fraction of sp³-hybridized carbons (Fsp3) is 0.100. The highest BCUT2D eigenvalue weighted by Crippen LogP contribution is 2.15. The summed E-state index contributed by atoms with van der Waals surface area (Å²) in [6, 6.07) is 20.4. The van der Waals surface area contributed by atoms with Gasteiger partial charge in [0.15, 0.2) is 0 Å². The molecule has 22 heavy (non-hydrogen) atoms. The van der Waals surface area contributed by atoms with Crippen LogP contribution < -0.4 is 0 Å². The van der Waals surface area contributed by atoms with Crippen LogP contribution in [0, 0.1) is 0 Å². The molecule has 0 aliphatic carbocycles. The van der Waals surface area contributed by atoms with E-state index in [2.05, 4.69) is 24.3 Å². The van der Waals surface area contributed by atoms with E-state index < -0.39 is 0 Å². The summed E-state index contributed by atoms with van der Waals surface area (Å²) in [6.45, 7) is 4.02. The maximum absolute atomic E-state index is 4.75. The van der Waals surface area contributed by atoms with Crippen molar-refractivity contribution in [2.45, 2.75) is 13.8 Å². The molecule has 0 atom stereocenters. The third kappa shape index (κ3) is 3.29. The first kappa shape index (κ1) is 14.2. The van der Waals surface area contributed by atoms with Crippen molar-refractivity contribution in [3.63, 3.8) is 0 Å². The van der Waals surface area contributed by atoms with E-state index in [0.717, 1.165) is 33.9 Å². The van der Waals surface area contributed by atoms with Crippen LogP contribution in [0.25, 0.3) is 0 Å². The lowest BCUT2D eigenvalue weighted by Gasteiger charge is -2.09.